The fourth-order valence-corrected chi connectivity index (χ4v) is 2.71. The number of nitrogens with two attached hydrogens (primary N) is 1. The number of aromatic nitrogens is 1. The molecule has 2 aromatic rings. The van der Waals surface area contributed by atoms with E-state index >= 15 is 0 Å². The minimum Gasteiger partial charge on any atom is -0.497 e. The van der Waals surface area contributed by atoms with Crippen LogP contribution >= 0.6 is 0 Å². The van der Waals surface area contributed by atoms with Crippen molar-refractivity contribution in [2.24, 2.45) is 5.14 Å². The zero-order valence-electron chi connectivity index (χ0n) is 11.7. The second-order valence-electron chi connectivity index (χ2n) is 4.35. The van der Waals surface area contributed by atoms with Crippen molar-refractivity contribution in [3.8, 4) is 11.5 Å². The molecule has 0 spiro atoms. The molecule has 0 atom stereocenters. The predicted molar refractivity (Wildman–Crippen MR) is 78.0 cm³/mol. The zero-order valence-corrected chi connectivity index (χ0v) is 12.6. The molecule has 0 bridgehead atoms. The minimum absolute atomic E-state index is 0.0165. The lowest BCUT2D eigenvalue weighted by molar-refractivity contribution is 0.391. The van der Waals surface area contributed by atoms with E-state index in [2.05, 4.69) is 4.98 Å². The maximum Gasteiger partial charge on any atom is 0.239 e. The monoisotopic (exact) mass is 308 g/mol. The molecule has 0 saturated carbocycles. The van der Waals surface area contributed by atoms with Gasteiger partial charge in [0.2, 0.25) is 10.0 Å². The van der Waals surface area contributed by atoms with Crippen LogP contribution in [-0.4, -0.2) is 27.6 Å². The van der Waals surface area contributed by atoms with Crippen LogP contribution < -0.4 is 14.6 Å². The molecule has 6 nitrogen and oxygen atoms in total. The van der Waals surface area contributed by atoms with Crippen molar-refractivity contribution in [3.05, 3.63) is 47.8 Å². The third-order valence-electron chi connectivity index (χ3n) is 3.01. The van der Waals surface area contributed by atoms with Crippen LogP contribution in [0.25, 0.3) is 0 Å². The third kappa shape index (κ3) is 3.50. The molecule has 7 heteroatoms. The number of nitrogens with zero attached hydrogens (tertiary/aromatic N) is 1. The van der Waals surface area contributed by atoms with Crippen LogP contribution in [0.2, 0.25) is 0 Å². The first-order valence-electron chi connectivity index (χ1n) is 6.13. The van der Waals surface area contributed by atoms with Crippen molar-refractivity contribution in [1.82, 2.24) is 4.98 Å². The molecule has 112 valence electrons. The highest BCUT2D eigenvalue weighted by atomic mass is 32.2. The van der Waals surface area contributed by atoms with Crippen molar-refractivity contribution < 1.29 is 17.9 Å². The predicted octanol–water partition coefficient (Wildman–Crippen LogP) is 1.34. The second kappa shape index (κ2) is 6.11. The summed E-state index contributed by atoms with van der Waals surface area (Å²) in [6, 6.07) is 8.29. The third-order valence-corrected chi connectivity index (χ3v) is 3.99. The molecule has 0 fully saturated rings. The molecule has 1 aromatic carbocycles. The number of benzene rings is 1. The molecule has 0 aliphatic carbocycles. The minimum atomic E-state index is -3.81. The smallest absolute Gasteiger partial charge is 0.239 e. The fourth-order valence-electron chi connectivity index (χ4n) is 1.99. The van der Waals surface area contributed by atoms with Gasteiger partial charge in [-0.2, -0.15) is 0 Å². The summed E-state index contributed by atoms with van der Waals surface area (Å²) in [7, 11) is -0.713. The van der Waals surface area contributed by atoms with Gasteiger partial charge in [-0.15, -0.1) is 0 Å². The molecule has 1 aromatic heterocycles. The normalized spacial score (nSPS) is 11.2. The van der Waals surface area contributed by atoms with Crippen molar-refractivity contribution in [2.45, 2.75) is 11.3 Å². The van der Waals surface area contributed by atoms with Crippen LogP contribution in [0.5, 0.6) is 11.5 Å². The quantitative estimate of drug-likeness (QED) is 0.900. The molecule has 1 heterocycles. The van der Waals surface area contributed by atoms with Crippen LogP contribution in [0, 0.1) is 0 Å². The van der Waals surface area contributed by atoms with Gasteiger partial charge in [0.05, 0.1) is 19.9 Å². The highest BCUT2D eigenvalue weighted by Gasteiger charge is 2.16. The Morgan fingerprint density at radius 2 is 1.95 bits per heavy atom. The lowest BCUT2D eigenvalue weighted by Crippen LogP contribution is -2.15. The number of sulfonamides is 1. The summed E-state index contributed by atoms with van der Waals surface area (Å²) in [5.41, 5.74) is 1.17. The van der Waals surface area contributed by atoms with Gasteiger partial charge < -0.3 is 9.47 Å². The van der Waals surface area contributed by atoms with Crippen LogP contribution in [0.15, 0.2) is 41.4 Å². The number of methoxy groups -OCH3 is 2. The number of ether oxygens (including phenoxy) is 2. The van der Waals surface area contributed by atoms with E-state index in [0.29, 0.717) is 23.6 Å². The summed E-state index contributed by atoms with van der Waals surface area (Å²) < 4.78 is 33.6. The van der Waals surface area contributed by atoms with Gasteiger partial charge in [-0.25, -0.2) is 13.6 Å². The van der Waals surface area contributed by atoms with Gasteiger partial charge >= 0.3 is 0 Å². The molecule has 0 amide bonds. The number of hydrogen-bond donors (Lipinski definition) is 1. The second-order valence-corrected chi connectivity index (χ2v) is 5.88. The summed E-state index contributed by atoms with van der Waals surface area (Å²) in [6.45, 7) is 0. The topological polar surface area (TPSA) is 91.5 Å². The Kier molecular flexibility index (Phi) is 4.44. The standard InChI is InChI=1S/C14H16N2O4S/c1-19-11-6-5-10(13(9-11)20-2)8-12-14(21(15,17)18)4-3-7-16-12/h3-7,9H,8H2,1-2H3,(H2,15,17,18). The van der Waals surface area contributed by atoms with Crippen LogP contribution in [0.4, 0.5) is 0 Å². The molecule has 0 radical (unpaired) electrons. The summed E-state index contributed by atoms with van der Waals surface area (Å²) in [4.78, 5) is 4.13. The van der Waals surface area contributed by atoms with E-state index in [1.54, 1.807) is 25.3 Å². The van der Waals surface area contributed by atoms with Gasteiger partial charge in [0.1, 0.15) is 16.4 Å². The SMILES string of the molecule is COc1ccc(Cc2ncccc2S(N)(=O)=O)c(OC)c1. The lowest BCUT2D eigenvalue weighted by atomic mass is 10.1. The number of rotatable bonds is 5. The van der Waals surface area contributed by atoms with Crippen LogP contribution in [-0.2, 0) is 16.4 Å². The first-order valence-corrected chi connectivity index (χ1v) is 7.68. The highest BCUT2D eigenvalue weighted by Crippen LogP contribution is 2.27. The number of pyridine rings is 1. The Labute approximate surface area is 123 Å². The maximum absolute atomic E-state index is 11.6. The van der Waals surface area contributed by atoms with Crippen molar-refractivity contribution in [1.29, 1.82) is 0 Å². The highest BCUT2D eigenvalue weighted by molar-refractivity contribution is 7.89. The Morgan fingerprint density at radius 1 is 1.19 bits per heavy atom. The molecule has 2 N–H and O–H groups in total. The molecule has 0 aliphatic rings. The average Bonchev–Trinajstić information content (AvgIpc) is 2.47. The first-order chi connectivity index (χ1) is 9.95. The van der Waals surface area contributed by atoms with Gasteiger partial charge in [-0.3, -0.25) is 4.98 Å². The van der Waals surface area contributed by atoms with Crippen LogP contribution in [0.3, 0.4) is 0 Å². The van der Waals surface area contributed by atoms with E-state index in [1.165, 1.54) is 25.4 Å². The molecule has 0 saturated heterocycles. The van der Waals surface area contributed by atoms with E-state index in [1.807, 2.05) is 0 Å². The Balaban J connectivity index is 2.44. The Hall–Kier alpha value is -2.12. The van der Waals surface area contributed by atoms with Crippen molar-refractivity contribution >= 4 is 10.0 Å². The molecule has 0 aliphatic heterocycles. The van der Waals surface area contributed by atoms with E-state index in [4.69, 9.17) is 14.6 Å². The Morgan fingerprint density at radius 3 is 2.57 bits per heavy atom. The fraction of sp³-hybridized carbons (Fsp3) is 0.214. The summed E-state index contributed by atoms with van der Waals surface area (Å²) in [5.74, 6) is 1.25. The van der Waals surface area contributed by atoms with Crippen LogP contribution in [0.1, 0.15) is 11.3 Å². The average molecular weight is 308 g/mol. The molecular formula is C14H16N2O4S. The largest absolute Gasteiger partial charge is 0.497 e. The van der Waals surface area contributed by atoms with Crippen molar-refractivity contribution in [2.75, 3.05) is 14.2 Å². The molecule has 2 rings (SSSR count). The summed E-state index contributed by atoms with van der Waals surface area (Å²) >= 11 is 0. The van der Waals surface area contributed by atoms with E-state index in [0.717, 1.165) is 5.56 Å². The summed E-state index contributed by atoms with van der Waals surface area (Å²) in [5, 5.41) is 5.21. The number of hydrogen-bond acceptors (Lipinski definition) is 5. The van der Waals surface area contributed by atoms with E-state index < -0.39 is 10.0 Å². The molecule has 21 heavy (non-hydrogen) atoms. The van der Waals surface area contributed by atoms with Gasteiger partial charge in [0.15, 0.2) is 0 Å². The van der Waals surface area contributed by atoms with Gasteiger partial charge in [0, 0.05) is 24.2 Å². The van der Waals surface area contributed by atoms with E-state index in [-0.39, 0.29) is 4.90 Å². The lowest BCUT2D eigenvalue weighted by Gasteiger charge is -2.11. The maximum atomic E-state index is 11.6. The first kappa shape index (κ1) is 15.3. The number of primary sulfonamides is 1. The van der Waals surface area contributed by atoms with Crippen molar-refractivity contribution in [3.63, 3.8) is 0 Å². The van der Waals surface area contributed by atoms with Gasteiger partial charge in [0.25, 0.3) is 0 Å². The molecule has 0 unspecified atom stereocenters. The van der Waals surface area contributed by atoms with Gasteiger partial charge in [-0.1, -0.05) is 6.07 Å². The Bertz CT molecular complexity index is 744. The molecular weight excluding hydrogens is 292 g/mol. The zero-order chi connectivity index (χ0) is 15.5. The van der Waals surface area contributed by atoms with Gasteiger partial charge in [-0.05, 0) is 18.2 Å². The van der Waals surface area contributed by atoms with E-state index in [9.17, 15) is 8.42 Å². The summed E-state index contributed by atoms with van der Waals surface area (Å²) in [6.07, 6.45) is 1.82.